The quantitative estimate of drug-likeness (QED) is 0.814. The van der Waals surface area contributed by atoms with Gasteiger partial charge in [-0.3, -0.25) is 0 Å². The third kappa shape index (κ3) is 2.70. The summed E-state index contributed by atoms with van der Waals surface area (Å²) in [5, 5.41) is 5.77. The van der Waals surface area contributed by atoms with Crippen LogP contribution in [0.3, 0.4) is 0 Å². The van der Waals surface area contributed by atoms with Gasteiger partial charge in [0.1, 0.15) is 5.01 Å². The van der Waals surface area contributed by atoms with Crippen LogP contribution in [0.2, 0.25) is 0 Å². The summed E-state index contributed by atoms with van der Waals surface area (Å²) < 4.78 is 0. The first-order valence-corrected chi connectivity index (χ1v) is 5.28. The fourth-order valence-electron chi connectivity index (χ4n) is 0.947. The van der Waals surface area contributed by atoms with E-state index in [1.165, 1.54) is 4.90 Å². The second-order valence-electron chi connectivity index (χ2n) is 3.39. The molecule has 0 fully saturated rings. The van der Waals surface area contributed by atoms with E-state index in [1.54, 1.807) is 25.4 Å². The van der Waals surface area contributed by atoms with Crippen molar-refractivity contribution in [3.8, 4) is 0 Å². The van der Waals surface area contributed by atoms with Crippen LogP contribution in [0.5, 0.6) is 0 Å². The molecule has 1 rings (SSSR count). The Morgan fingerprint density at radius 2 is 2.29 bits per heavy atom. The number of hydrogen-bond donors (Lipinski definition) is 1. The zero-order valence-electron chi connectivity index (χ0n) is 8.87. The predicted molar refractivity (Wildman–Crippen MR) is 57.5 cm³/mol. The van der Waals surface area contributed by atoms with Crippen molar-refractivity contribution in [2.45, 2.75) is 19.9 Å². The van der Waals surface area contributed by atoms with Gasteiger partial charge < -0.3 is 10.2 Å². The average molecular weight is 213 g/mol. The van der Waals surface area contributed by atoms with Crippen molar-refractivity contribution >= 4 is 17.4 Å². The molecule has 0 spiro atoms. The lowest BCUT2D eigenvalue weighted by molar-refractivity contribution is 0.214. The lowest BCUT2D eigenvalue weighted by Crippen LogP contribution is -2.36. The van der Waals surface area contributed by atoms with Crippen LogP contribution in [0.1, 0.15) is 23.7 Å². The Kier molecular flexibility index (Phi) is 3.46. The maximum atomic E-state index is 11.3. The molecule has 0 saturated heterocycles. The molecule has 1 atom stereocenters. The molecule has 0 aliphatic rings. The highest BCUT2D eigenvalue weighted by atomic mass is 32.1. The predicted octanol–water partition coefficient (Wildman–Crippen LogP) is 1.78. The number of hydrogen-bond acceptors (Lipinski definition) is 3. The largest absolute Gasteiger partial charge is 0.331 e. The second kappa shape index (κ2) is 4.41. The Morgan fingerprint density at radius 3 is 2.71 bits per heavy atom. The lowest BCUT2D eigenvalue weighted by atomic mass is 10.3. The zero-order valence-corrected chi connectivity index (χ0v) is 9.68. The van der Waals surface area contributed by atoms with Gasteiger partial charge in [0.25, 0.3) is 0 Å². The van der Waals surface area contributed by atoms with Gasteiger partial charge >= 0.3 is 6.03 Å². The van der Waals surface area contributed by atoms with Gasteiger partial charge in [-0.25, -0.2) is 9.78 Å². The van der Waals surface area contributed by atoms with E-state index in [-0.39, 0.29) is 12.1 Å². The van der Waals surface area contributed by atoms with Crippen LogP contribution < -0.4 is 5.32 Å². The number of amides is 2. The molecule has 4 nitrogen and oxygen atoms in total. The monoisotopic (exact) mass is 213 g/mol. The SMILES string of the molecule is Cc1csc(C(C)NC(=O)N(C)C)n1. The summed E-state index contributed by atoms with van der Waals surface area (Å²) in [7, 11) is 3.43. The molecule has 0 aliphatic heterocycles. The molecule has 14 heavy (non-hydrogen) atoms. The number of carbonyl (C=O) groups excluding carboxylic acids is 1. The summed E-state index contributed by atoms with van der Waals surface area (Å²) in [5.41, 5.74) is 0.996. The number of thiazole rings is 1. The molecule has 0 bridgehead atoms. The molecule has 1 aromatic heterocycles. The number of carbonyl (C=O) groups is 1. The van der Waals surface area contributed by atoms with Gasteiger partial charge in [0, 0.05) is 25.2 Å². The molecule has 1 aromatic rings. The van der Waals surface area contributed by atoms with Crippen molar-refractivity contribution in [1.82, 2.24) is 15.2 Å². The first-order chi connectivity index (χ1) is 6.50. The molecule has 0 aliphatic carbocycles. The topological polar surface area (TPSA) is 45.2 Å². The number of aryl methyl sites for hydroxylation is 1. The van der Waals surface area contributed by atoms with Crippen molar-refractivity contribution in [3.05, 3.63) is 16.1 Å². The van der Waals surface area contributed by atoms with Gasteiger partial charge in [-0.05, 0) is 13.8 Å². The van der Waals surface area contributed by atoms with Crippen LogP contribution in [0.15, 0.2) is 5.38 Å². The maximum absolute atomic E-state index is 11.3. The van der Waals surface area contributed by atoms with E-state index in [9.17, 15) is 4.79 Å². The Morgan fingerprint density at radius 1 is 1.64 bits per heavy atom. The zero-order chi connectivity index (χ0) is 10.7. The minimum Gasteiger partial charge on any atom is -0.331 e. The highest BCUT2D eigenvalue weighted by Gasteiger charge is 2.13. The van der Waals surface area contributed by atoms with E-state index in [0.717, 1.165) is 10.7 Å². The Bertz CT molecular complexity index is 322. The molecular formula is C9H15N3OS. The summed E-state index contributed by atoms with van der Waals surface area (Å²) in [5.74, 6) is 0. The Hall–Kier alpha value is -1.10. The van der Waals surface area contributed by atoms with Crippen molar-refractivity contribution < 1.29 is 4.79 Å². The van der Waals surface area contributed by atoms with Crippen LogP contribution in [0, 0.1) is 6.92 Å². The highest BCUT2D eigenvalue weighted by Crippen LogP contribution is 2.17. The smallest absolute Gasteiger partial charge is 0.317 e. The maximum Gasteiger partial charge on any atom is 0.317 e. The lowest BCUT2D eigenvalue weighted by Gasteiger charge is -2.15. The van der Waals surface area contributed by atoms with Gasteiger partial charge in [-0.2, -0.15) is 0 Å². The van der Waals surface area contributed by atoms with Crippen LogP contribution >= 0.6 is 11.3 Å². The highest BCUT2D eigenvalue weighted by molar-refractivity contribution is 7.09. The van der Waals surface area contributed by atoms with E-state index in [2.05, 4.69) is 10.3 Å². The molecule has 0 radical (unpaired) electrons. The Labute approximate surface area is 88.0 Å². The molecule has 1 N–H and O–H groups in total. The van der Waals surface area contributed by atoms with Gasteiger partial charge in [0.15, 0.2) is 0 Å². The summed E-state index contributed by atoms with van der Waals surface area (Å²) in [4.78, 5) is 17.1. The molecule has 5 heteroatoms. The molecule has 78 valence electrons. The van der Waals surface area contributed by atoms with Crippen molar-refractivity contribution in [2.75, 3.05) is 14.1 Å². The van der Waals surface area contributed by atoms with Crippen molar-refractivity contribution in [3.63, 3.8) is 0 Å². The second-order valence-corrected chi connectivity index (χ2v) is 4.28. The first kappa shape index (κ1) is 11.0. The molecule has 2 amide bonds. The number of rotatable bonds is 2. The molecule has 0 aromatic carbocycles. The molecular weight excluding hydrogens is 198 g/mol. The third-order valence-electron chi connectivity index (χ3n) is 1.75. The van der Waals surface area contributed by atoms with E-state index in [0.29, 0.717) is 0 Å². The van der Waals surface area contributed by atoms with Crippen molar-refractivity contribution in [1.29, 1.82) is 0 Å². The standard InChI is InChI=1S/C9H15N3OS/c1-6-5-14-8(10-6)7(2)11-9(13)12(3)4/h5,7H,1-4H3,(H,11,13). The van der Waals surface area contributed by atoms with Crippen LogP contribution in [0.25, 0.3) is 0 Å². The molecule has 1 heterocycles. The minimum absolute atomic E-state index is 0.0244. The van der Waals surface area contributed by atoms with E-state index in [1.807, 2.05) is 19.2 Å². The molecule has 1 unspecified atom stereocenters. The summed E-state index contributed by atoms with van der Waals surface area (Å²) in [6.45, 7) is 3.88. The third-order valence-corrected chi connectivity index (χ3v) is 2.90. The fourth-order valence-corrected chi connectivity index (χ4v) is 1.75. The van der Waals surface area contributed by atoms with Gasteiger partial charge in [-0.1, -0.05) is 0 Å². The van der Waals surface area contributed by atoms with Gasteiger partial charge in [0.2, 0.25) is 0 Å². The summed E-state index contributed by atoms with van der Waals surface area (Å²) >= 11 is 1.57. The van der Waals surface area contributed by atoms with E-state index < -0.39 is 0 Å². The van der Waals surface area contributed by atoms with Gasteiger partial charge in [-0.15, -0.1) is 11.3 Å². The minimum atomic E-state index is -0.0923. The van der Waals surface area contributed by atoms with Gasteiger partial charge in [0.05, 0.1) is 6.04 Å². The van der Waals surface area contributed by atoms with E-state index >= 15 is 0 Å². The summed E-state index contributed by atoms with van der Waals surface area (Å²) in [6, 6.07) is -0.117. The number of nitrogens with zero attached hydrogens (tertiary/aromatic N) is 2. The van der Waals surface area contributed by atoms with E-state index in [4.69, 9.17) is 0 Å². The first-order valence-electron chi connectivity index (χ1n) is 4.40. The number of aromatic nitrogens is 1. The normalized spacial score (nSPS) is 12.3. The number of urea groups is 1. The Balaban J connectivity index is 2.59. The van der Waals surface area contributed by atoms with Crippen LogP contribution in [0.4, 0.5) is 4.79 Å². The number of nitrogens with one attached hydrogen (secondary N) is 1. The fraction of sp³-hybridized carbons (Fsp3) is 0.556. The van der Waals surface area contributed by atoms with Crippen molar-refractivity contribution in [2.24, 2.45) is 0 Å². The van der Waals surface area contributed by atoms with Crippen LogP contribution in [-0.2, 0) is 0 Å². The molecule has 0 saturated carbocycles. The van der Waals surface area contributed by atoms with Crippen LogP contribution in [-0.4, -0.2) is 30.0 Å². The average Bonchev–Trinajstić information content (AvgIpc) is 2.51. The summed E-state index contributed by atoms with van der Waals surface area (Å²) in [6.07, 6.45) is 0.